The molecule has 3 saturated carbocycles. The Labute approximate surface area is 346 Å². The Kier molecular flexibility index (Phi) is 11.3. The average molecular weight is 865 g/mol. The van der Waals surface area contributed by atoms with Gasteiger partial charge in [0.05, 0.1) is 53.2 Å². The van der Waals surface area contributed by atoms with Crippen LogP contribution >= 0.6 is 0 Å². The maximum atomic E-state index is 16.3. The molecule has 8 atom stereocenters. The Balaban J connectivity index is 1.31. The third-order valence-electron chi connectivity index (χ3n) is 13.2. The van der Waals surface area contributed by atoms with Crippen molar-refractivity contribution in [3.05, 3.63) is 36.0 Å². The Bertz CT molecular complexity index is 2210. The van der Waals surface area contributed by atoms with E-state index in [-0.39, 0.29) is 55.6 Å². The number of ketones is 1. The summed E-state index contributed by atoms with van der Waals surface area (Å²) in [6.07, 6.45) is -2.49. The number of aromatic nitrogens is 2. The number of allylic oxidation sites excluding steroid dienone is 2. The van der Waals surface area contributed by atoms with Gasteiger partial charge >= 0.3 is 11.9 Å². The molecule has 2 aliphatic heterocycles. The number of carbonyl (C=O) groups is 4. The number of amides is 2. The molecule has 0 radical (unpaired) electrons. The molecule has 4 fully saturated rings. The Morgan fingerprint density at radius 3 is 2.42 bits per heavy atom. The number of ether oxygens (including phenoxy) is 3. The van der Waals surface area contributed by atoms with Crippen LogP contribution in [-0.2, 0) is 39.9 Å². The molecule has 0 spiro atoms. The van der Waals surface area contributed by atoms with Crippen molar-refractivity contribution >= 4 is 44.6 Å². The largest absolute Gasteiger partial charge is 0.497 e. The number of fused-ring (bicyclic) bond motifs is 5. The number of Topliss-reactive ketones (excluding diaryl/α,β-unsaturated/α-hetero) is 1. The Morgan fingerprint density at radius 2 is 1.80 bits per heavy atom. The van der Waals surface area contributed by atoms with E-state index < -0.39 is 122 Å². The maximum Gasteiger partial charge on any atom is 0.313 e. The third kappa shape index (κ3) is 8.33. The van der Waals surface area contributed by atoms with Crippen LogP contribution in [0.1, 0.15) is 98.1 Å². The number of sulfonamides is 1. The Hall–Kier alpha value is -4.35. The first-order valence-electron chi connectivity index (χ1n) is 20.5. The van der Waals surface area contributed by atoms with Crippen molar-refractivity contribution in [3.63, 3.8) is 0 Å². The predicted octanol–water partition coefficient (Wildman–Crippen LogP) is 6.28. The topological polar surface area (TPSA) is 171 Å². The zero-order chi connectivity index (χ0) is 43.7. The smallest absolute Gasteiger partial charge is 0.313 e. The minimum Gasteiger partial charge on any atom is -0.497 e. The molecule has 2 amide bonds. The number of nitrogens with one attached hydrogen (secondary N) is 1. The molecular weight excluding hydrogens is 813 g/mol. The number of esters is 1. The zero-order valence-electron chi connectivity index (χ0n) is 34.5. The summed E-state index contributed by atoms with van der Waals surface area (Å²) in [6.45, 7) is 7.95. The molecule has 5 aliphatic rings. The van der Waals surface area contributed by atoms with Gasteiger partial charge in [0.1, 0.15) is 18.0 Å². The third-order valence-corrected chi connectivity index (χ3v) is 15.4. The van der Waals surface area contributed by atoms with Crippen molar-refractivity contribution in [3.8, 4) is 11.6 Å². The van der Waals surface area contributed by atoms with Gasteiger partial charge in [-0.1, -0.05) is 33.8 Å². The van der Waals surface area contributed by atoms with Gasteiger partial charge in [-0.15, -0.1) is 0 Å². The number of rotatable bonds is 9. The van der Waals surface area contributed by atoms with Gasteiger partial charge < -0.3 is 19.1 Å². The van der Waals surface area contributed by atoms with E-state index in [2.05, 4.69) is 9.97 Å². The van der Waals surface area contributed by atoms with Gasteiger partial charge in [0.25, 0.3) is 0 Å². The van der Waals surface area contributed by atoms with Gasteiger partial charge in [0, 0.05) is 24.3 Å². The van der Waals surface area contributed by atoms with E-state index >= 15 is 8.78 Å². The van der Waals surface area contributed by atoms with Crippen molar-refractivity contribution in [1.82, 2.24) is 19.6 Å². The minimum atomic E-state index is -4.27. The van der Waals surface area contributed by atoms with Crippen LogP contribution in [0.15, 0.2) is 30.4 Å². The summed E-state index contributed by atoms with van der Waals surface area (Å²) < 4.78 is 106. The van der Waals surface area contributed by atoms with Crippen LogP contribution in [0.3, 0.4) is 0 Å². The SMILES string of the molecule is CC[C@@H]1[C@@H]2CN(C(=O)[C@H](C(C)(C)C)CC(=O)O[C@@H]3C[C@H]3CC/C=C/C(F)(F)c3nc4ccc(OC)cc4nc3O2)[C@@H]1C(=O)C[C@]1(C(=O)NS(=O)(=O)C2(C)CC2)C[C@H]1C(F)F. The molecule has 7 rings (SSSR count). The molecule has 3 heterocycles. The molecule has 18 heteroatoms. The molecule has 0 unspecified atom stereocenters. The number of carbonyl (C=O) groups excluding carboxylic acids is 4. The molecule has 13 nitrogen and oxygen atoms in total. The summed E-state index contributed by atoms with van der Waals surface area (Å²) in [4.78, 5) is 66.8. The van der Waals surface area contributed by atoms with E-state index in [0.717, 1.165) is 0 Å². The number of halogens is 4. The van der Waals surface area contributed by atoms with E-state index in [9.17, 15) is 36.4 Å². The highest BCUT2D eigenvalue weighted by atomic mass is 32.2. The second-order valence-corrected chi connectivity index (χ2v) is 20.7. The number of hydrogen-bond acceptors (Lipinski definition) is 11. The van der Waals surface area contributed by atoms with Gasteiger partial charge in [-0.3, -0.25) is 23.9 Å². The molecule has 1 aromatic carbocycles. The van der Waals surface area contributed by atoms with E-state index in [0.29, 0.717) is 24.7 Å². The van der Waals surface area contributed by atoms with Gasteiger partial charge in [0.2, 0.25) is 34.1 Å². The van der Waals surface area contributed by atoms with Crippen LogP contribution in [0, 0.1) is 34.5 Å². The lowest BCUT2D eigenvalue weighted by Crippen LogP contribution is -2.50. The van der Waals surface area contributed by atoms with Crippen LogP contribution in [0.2, 0.25) is 0 Å². The monoisotopic (exact) mass is 864 g/mol. The fourth-order valence-electron chi connectivity index (χ4n) is 8.77. The molecule has 1 saturated heterocycles. The Morgan fingerprint density at radius 1 is 1.08 bits per heavy atom. The highest BCUT2D eigenvalue weighted by Gasteiger charge is 2.67. The second kappa shape index (κ2) is 15.5. The number of benzene rings is 1. The fourth-order valence-corrected chi connectivity index (χ4v) is 10.1. The van der Waals surface area contributed by atoms with Gasteiger partial charge in [-0.2, -0.15) is 8.78 Å². The van der Waals surface area contributed by atoms with Gasteiger partial charge in [-0.25, -0.2) is 27.2 Å². The molecule has 1 aromatic heterocycles. The molecule has 60 heavy (non-hydrogen) atoms. The fraction of sp³-hybridized carbons (Fsp3) is 0.667. The first-order chi connectivity index (χ1) is 28.0. The van der Waals surface area contributed by atoms with Crippen LogP contribution in [-0.4, -0.2) is 89.9 Å². The lowest BCUT2D eigenvalue weighted by Gasteiger charge is -2.35. The van der Waals surface area contributed by atoms with Gasteiger partial charge in [0.15, 0.2) is 11.5 Å². The molecule has 328 valence electrons. The molecule has 1 N–H and O–H groups in total. The highest BCUT2D eigenvalue weighted by molar-refractivity contribution is 7.91. The van der Waals surface area contributed by atoms with Gasteiger partial charge in [-0.05, 0) is 81.4 Å². The average Bonchev–Trinajstić information content (AvgIpc) is 4.12. The zero-order valence-corrected chi connectivity index (χ0v) is 35.3. The quantitative estimate of drug-likeness (QED) is 0.171. The standard InChI is InChI=1S/C42H52F4N4O9S/c1-7-24-31-21-50(33(24)29(51)20-41(19-26(41)35(43)44)38(54)49-60(55,56)40(5)14-15-40)37(53)25(39(2,3)4)18-32(52)58-30-16-22(30)10-8-9-13-42(45,46)34-36(59-31)48-28-17-23(57-6)11-12-27(28)47-34/h9,11-13,17,22,24-26,30-31,33,35H,7-8,10,14-16,18-21H2,1-6H3,(H,49,54)/b13-9+/t22-,24-,25-,26+,30-,31+,33+,41-/m1/s1. The van der Waals surface area contributed by atoms with Crippen molar-refractivity contribution in [2.75, 3.05) is 13.7 Å². The minimum absolute atomic E-state index is 0.0676. The van der Waals surface area contributed by atoms with Crippen LogP contribution in [0.4, 0.5) is 17.6 Å². The second-order valence-electron chi connectivity index (χ2n) is 18.5. The summed E-state index contributed by atoms with van der Waals surface area (Å²) >= 11 is 0. The molecular formula is C42H52F4N4O9S. The number of hydrogen-bond donors (Lipinski definition) is 1. The first kappa shape index (κ1) is 43.7. The summed E-state index contributed by atoms with van der Waals surface area (Å²) in [7, 11) is -2.85. The molecule has 2 aromatic rings. The normalized spacial score (nSPS) is 31.8. The van der Waals surface area contributed by atoms with Crippen LogP contribution in [0.5, 0.6) is 11.6 Å². The molecule has 3 aliphatic carbocycles. The van der Waals surface area contributed by atoms with E-state index in [4.69, 9.17) is 14.2 Å². The summed E-state index contributed by atoms with van der Waals surface area (Å²) in [6, 6.07) is 3.05. The van der Waals surface area contributed by atoms with Crippen molar-refractivity contribution in [2.45, 2.75) is 128 Å². The van der Waals surface area contributed by atoms with Crippen molar-refractivity contribution < 1.29 is 59.4 Å². The first-order valence-corrected chi connectivity index (χ1v) is 22.0. The predicted molar refractivity (Wildman–Crippen MR) is 208 cm³/mol. The number of methoxy groups -OCH3 is 1. The van der Waals surface area contributed by atoms with Crippen LogP contribution < -0.4 is 14.2 Å². The lowest BCUT2D eigenvalue weighted by atomic mass is 9.77. The van der Waals surface area contributed by atoms with E-state index in [1.54, 1.807) is 33.8 Å². The summed E-state index contributed by atoms with van der Waals surface area (Å²) in [5, 5.41) is 0. The number of nitrogens with zero attached hydrogens (tertiary/aromatic N) is 3. The number of alkyl halides is 4. The van der Waals surface area contributed by atoms with E-state index in [1.807, 2.05) is 4.72 Å². The van der Waals surface area contributed by atoms with Crippen molar-refractivity contribution in [2.24, 2.45) is 34.5 Å². The summed E-state index contributed by atoms with van der Waals surface area (Å²) in [5.41, 5.74) is -3.53. The lowest BCUT2D eigenvalue weighted by molar-refractivity contribution is -0.154. The molecule has 2 bridgehead atoms. The van der Waals surface area contributed by atoms with E-state index in [1.165, 1.54) is 37.1 Å². The van der Waals surface area contributed by atoms with Crippen LogP contribution in [0.25, 0.3) is 11.0 Å². The maximum absolute atomic E-state index is 16.3. The highest BCUT2D eigenvalue weighted by Crippen LogP contribution is 2.59. The van der Waals surface area contributed by atoms with Crippen molar-refractivity contribution in [1.29, 1.82) is 0 Å². The summed E-state index contributed by atoms with van der Waals surface area (Å²) in [5.74, 6) is -11.0.